The summed E-state index contributed by atoms with van der Waals surface area (Å²) in [5, 5.41) is 3.65. The zero-order chi connectivity index (χ0) is 16.9. The van der Waals surface area contributed by atoms with Crippen LogP contribution in [-0.4, -0.2) is 51.7 Å². The standard InChI is InChI=1S/C17H26N4O2S/c1-2-3-13-10-15(22)20-17(19-13)24-11-16(23)18-12-6-8-21(9-7-12)14-4-5-14/h10,12,14H,2-9,11H2,1H3,(H,18,23)(H,19,20,22). The third-order valence-corrected chi connectivity index (χ3v) is 5.45. The van der Waals surface area contributed by atoms with Crippen LogP contribution in [0.2, 0.25) is 0 Å². The number of hydrogen-bond acceptors (Lipinski definition) is 5. The number of likely N-dealkylation sites (tertiary alicyclic amines) is 1. The van der Waals surface area contributed by atoms with Gasteiger partial charge in [0, 0.05) is 36.9 Å². The molecule has 2 N–H and O–H groups in total. The molecule has 2 fully saturated rings. The Morgan fingerprint density at radius 2 is 2.12 bits per heavy atom. The van der Waals surface area contributed by atoms with Gasteiger partial charge in [0.05, 0.1) is 5.75 Å². The van der Waals surface area contributed by atoms with E-state index in [9.17, 15) is 9.59 Å². The summed E-state index contributed by atoms with van der Waals surface area (Å²) >= 11 is 1.30. The van der Waals surface area contributed by atoms with Gasteiger partial charge in [0.15, 0.2) is 5.16 Å². The van der Waals surface area contributed by atoms with Crippen molar-refractivity contribution >= 4 is 17.7 Å². The first-order valence-electron chi connectivity index (χ1n) is 8.90. The van der Waals surface area contributed by atoms with Crippen LogP contribution in [-0.2, 0) is 11.2 Å². The van der Waals surface area contributed by atoms with E-state index < -0.39 is 0 Å². The van der Waals surface area contributed by atoms with Crippen molar-refractivity contribution < 1.29 is 4.79 Å². The maximum absolute atomic E-state index is 12.1. The van der Waals surface area contributed by atoms with Crippen molar-refractivity contribution in [2.75, 3.05) is 18.8 Å². The molecule has 0 bridgehead atoms. The van der Waals surface area contributed by atoms with E-state index in [1.807, 2.05) is 0 Å². The highest BCUT2D eigenvalue weighted by Crippen LogP contribution is 2.29. The highest BCUT2D eigenvalue weighted by molar-refractivity contribution is 7.99. The first-order chi connectivity index (χ1) is 11.6. The number of H-pyrrole nitrogens is 1. The summed E-state index contributed by atoms with van der Waals surface area (Å²) in [6.45, 7) is 4.24. The van der Waals surface area contributed by atoms with Crippen LogP contribution in [0.15, 0.2) is 16.0 Å². The lowest BCUT2D eigenvalue weighted by Crippen LogP contribution is -2.45. The second-order valence-corrected chi connectivity index (χ2v) is 7.65. The summed E-state index contributed by atoms with van der Waals surface area (Å²) in [6, 6.07) is 2.63. The van der Waals surface area contributed by atoms with E-state index in [0.29, 0.717) is 10.9 Å². The molecule has 1 aliphatic heterocycles. The van der Waals surface area contributed by atoms with Gasteiger partial charge in [-0.25, -0.2) is 4.98 Å². The van der Waals surface area contributed by atoms with E-state index >= 15 is 0 Å². The van der Waals surface area contributed by atoms with Crippen molar-refractivity contribution in [3.05, 3.63) is 22.1 Å². The molecule has 1 aromatic rings. The van der Waals surface area contributed by atoms with Gasteiger partial charge in [0.25, 0.3) is 5.56 Å². The first kappa shape index (κ1) is 17.5. The lowest BCUT2D eigenvalue weighted by Gasteiger charge is -2.32. The molecule has 6 nitrogen and oxygen atoms in total. The van der Waals surface area contributed by atoms with Crippen LogP contribution in [0.25, 0.3) is 0 Å². The summed E-state index contributed by atoms with van der Waals surface area (Å²) in [7, 11) is 0. The van der Waals surface area contributed by atoms with Crippen molar-refractivity contribution in [3.8, 4) is 0 Å². The number of carbonyl (C=O) groups excluding carboxylic acids is 1. The SMILES string of the molecule is CCCc1cc(=O)[nH]c(SCC(=O)NC2CCN(C3CC3)CC2)n1. The van der Waals surface area contributed by atoms with Gasteiger partial charge in [-0.05, 0) is 32.1 Å². The van der Waals surface area contributed by atoms with Gasteiger partial charge in [-0.2, -0.15) is 0 Å². The number of aromatic nitrogens is 2. The summed E-state index contributed by atoms with van der Waals surface area (Å²) in [6.07, 6.45) is 6.48. The molecule has 1 aromatic heterocycles. The number of nitrogens with zero attached hydrogens (tertiary/aromatic N) is 2. The lowest BCUT2D eigenvalue weighted by atomic mass is 10.1. The van der Waals surface area contributed by atoms with Crippen molar-refractivity contribution in [3.63, 3.8) is 0 Å². The number of amides is 1. The van der Waals surface area contributed by atoms with Gasteiger partial charge < -0.3 is 15.2 Å². The molecule has 1 saturated carbocycles. The molecule has 3 rings (SSSR count). The van der Waals surface area contributed by atoms with Gasteiger partial charge in [-0.15, -0.1) is 0 Å². The predicted molar refractivity (Wildman–Crippen MR) is 95.3 cm³/mol. The highest BCUT2D eigenvalue weighted by atomic mass is 32.2. The van der Waals surface area contributed by atoms with Gasteiger partial charge in [0.2, 0.25) is 5.91 Å². The molecule has 2 aliphatic rings. The van der Waals surface area contributed by atoms with E-state index in [0.717, 1.165) is 50.5 Å². The number of piperidine rings is 1. The minimum atomic E-state index is -0.149. The number of aromatic amines is 1. The topological polar surface area (TPSA) is 78.1 Å². The third kappa shape index (κ3) is 5.08. The summed E-state index contributed by atoms with van der Waals surface area (Å²) in [5.41, 5.74) is 0.639. The fourth-order valence-electron chi connectivity index (χ4n) is 3.19. The molecule has 132 valence electrons. The molecular formula is C17H26N4O2S. The van der Waals surface area contributed by atoms with E-state index in [4.69, 9.17) is 0 Å². The average molecular weight is 350 g/mol. The smallest absolute Gasteiger partial charge is 0.251 e. The minimum Gasteiger partial charge on any atom is -0.353 e. The van der Waals surface area contributed by atoms with Crippen LogP contribution in [0, 0.1) is 0 Å². The molecule has 1 amide bonds. The fraction of sp³-hybridized carbons (Fsp3) is 0.706. The maximum Gasteiger partial charge on any atom is 0.251 e. The molecule has 2 heterocycles. The molecule has 7 heteroatoms. The average Bonchev–Trinajstić information content (AvgIpc) is 3.38. The highest BCUT2D eigenvalue weighted by Gasteiger charge is 2.32. The summed E-state index contributed by atoms with van der Waals surface area (Å²) in [4.78, 5) is 33.4. The number of aryl methyl sites for hydroxylation is 1. The summed E-state index contributed by atoms with van der Waals surface area (Å²) < 4.78 is 0. The van der Waals surface area contributed by atoms with Crippen LogP contribution in [0.3, 0.4) is 0 Å². The first-order valence-corrected chi connectivity index (χ1v) is 9.89. The van der Waals surface area contributed by atoms with E-state index in [1.165, 1.54) is 30.7 Å². The lowest BCUT2D eigenvalue weighted by molar-refractivity contribution is -0.119. The molecular weight excluding hydrogens is 324 g/mol. The number of carbonyl (C=O) groups is 1. The molecule has 0 aromatic carbocycles. The summed E-state index contributed by atoms with van der Waals surface area (Å²) in [5.74, 6) is 0.315. The Kier molecular flexibility index (Phi) is 5.94. The Labute approximate surface area is 146 Å². The normalized spacial score (nSPS) is 19.4. The third-order valence-electron chi connectivity index (χ3n) is 4.58. The fourth-order valence-corrected chi connectivity index (χ4v) is 3.89. The monoisotopic (exact) mass is 350 g/mol. The molecule has 0 unspecified atom stereocenters. The maximum atomic E-state index is 12.1. The molecule has 0 radical (unpaired) electrons. The van der Waals surface area contributed by atoms with Crippen LogP contribution < -0.4 is 10.9 Å². The van der Waals surface area contributed by atoms with Crippen molar-refractivity contribution in [1.29, 1.82) is 0 Å². The zero-order valence-corrected chi connectivity index (χ0v) is 15.0. The number of nitrogens with one attached hydrogen (secondary N) is 2. The van der Waals surface area contributed by atoms with Crippen LogP contribution in [0.5, 0.6) is 0 Å². The Morgan fingerprint density at radius 1 is 1.38 bits per heavy atom. The number of rotatable bonds is 7. The van der Waals surface area contributed by atoms with Crippen LogP contribution in [0.4, 0.5) is 0 Å². The van der Waals surface area contributed by atoms with Crippen LogP contribution in [0.1, 0.15) is 44.7 Å². The molecule has 1 aliphatic carbocycles. The van der Waals surface area contributed by atoms with Gasteiger partial charge in [-0.3, -0.25) is 9.59 Å². The van der Waals surface area contributed by atoms with Gasteiger partial charge >= 0.3 is 0 Å². The Bertz CT molecular complexity index is 621. The molecule has 0 atom stereocenters. The minimum absolute atomic E-state index is 0.0217. The van der Waals surface area contributed by atoms with Crippen molar-refractivity contribution in [2.24, 2.45) is 0 Å². The van der Waals surface area contributed by atoms with Crippen molar-refractivity contribution in [1.82, 2.24) is 20.2 Å². The Hall–Kier alpha value is -1.34. The van der Waals surface area contributed by atoms with Gasteiger partial charge in [-0.1, -0.05) is 25.1 Å². The second kappa shape index (κ2) is 8.16. The quantitative estimate of drug-likeness (QED) is 0.576. The second-order valence-electron chi connectivity index (χ2n) is 6.69. The zero-order valence-electron chi connectivity index (χ0n) is 14.2. The number of thioether (sulfide) groups is 1. The number of hydrogen-bond donors (Lipinski definition) is 2. The predicted octanol–water partition coefficient (Wildman–Crippen LogP) is 1.56. The molecule has 0 spiro atoms. The largest absolute Gasteiger partial charge is 0.353 e. The van der Waals surface area contributed by atoms with E-state index in [1.54, 1.807) is 0 Å². The Morgan fingerprint density at radius 3 is 2.79 bits per heavy atom. The van der Waals surface area contributed by atoms with E-state index in [2.05, 4.69) is 27.1 Å². The van der Waals surface area contributed by atoms with Crippen molar-refractivity contribution in [2.45, 2.75) is 62.7 Å². The van der Waals surface area contributed by atoms with Gasteiger partial charge in [0.1, 0.15) is 0 Å². The molecule has 1 saturated heterocycles. The van der Waals surface area contributed by atoms with Crippen LogP contribution >= 0.6 is 11.8 Å². The Balaban J connectivity index is 1.43. The molecule has 24 heavy (non-hydrogen) atoms. The van der Waals surface area contributed by atoms with E-state index in [-0.39, 0.29) is 17.5 Å².